The van der Waals surface area contributed by atoms with Crippen molar-refractivity contribution in [3.05, 3.63) is 11.1 Å². The van der Waals surface area contributed by atoms with Gasteiger partial charge in [0.25, 0.3) is 0 Å². The molecule has 0 aromatic carbocycles. The Morgan fingerprint density at radius 2 is 2.13 bits per heavy atom. The van der Waals surface area contributed by atoms with Gasteiger partial charge in [-0.05, 0) is 37.8 Å². The number of aromatic nitrogens is 1. The quantitative estimate of drug-likeness (QED) is 0.777. The number of nitrogens with zero attached hydrogens (tertiary/aromatic N) is 1. The highest BCUT2D eigenvalue weighted by Crippen LogP contribution is 2.31. The molecular formula is C15H25N3O3S2. The van der Waals surface area contributed by atoms with Crippen LogP contribution in [0.15, 0.2) is 6.20 Å². The van der Waals surface area contributed by atoms with E-state index in [-0.39, 0.29) is 29.8 Å². The summed E-state index contributed by atoms with van der Waals surface area (Å²) in [6, 6.07) is 0. The monoisotopic (exact) mass is 359 g/mol. The average Bonchev–Trinajstić information content (AvgIpc) is 2.93. The maximum atomic E-state index is 11.9. The summed E-state index contributed by atoms with van der Waals surface area (Å²) < 4.78 is 23.6. The number of anilines is 1. The molecule has 2 rings (SSSR count). The second-order valence-electron chi connectivity index (χ2n) is 6.40. The highest BCUT2D eigenvalue weighted by atomic mass is 32.2. The zero-order valence-corrected chi connectivity index (χ0v) is 15.3. The topological polar surface area (TPSA) is 88.2 Å². The van der Waals surface area contributed by atoms with Gasteiger partial charge in [-0.15, -0.1) is 11.3 Å². The van der Waals surface area contributed by atoms with E-state index in [4.69, 9.17) is 0 Å². The zero-order chi connectivity index (χ0) is 16.9. The fraction of sp³-hybridized carbons (Fsp3) is 0.733. The van der Waals surface area contributed by atoms with Crippen molar-refractivity contribution in [2.24, 2.45) is 5.92 Å². The van der Waals surface area contributed by atoms with Gasteiger partial charge in [-0.1, -0.05) is 13.8 Å². The van der Waals surface area contributed by atoms with Crippen LogP contribution in [0.1, 0.15) is 43.9 Å². The largest absolute Gasteiger partial charge is 0.317 e. The normalized spacial score (nSPS) is 16.7. The first-order chi connectivity index (χ1) is 10.9. The van der Waals surface area contributed by atoms with Crippen LogP contribution < -0.4 is 10.6 Å². The number of thiazole rings is 1. The maximum absolute atomic E-state index is 11.9. The molecule has 0 atom stereocenters. The third kappa shape index (κ3) is 6.19. The summed E-state index contributed by atoms with van der Waals surface area (Å²) in [5.74, 6) is 0.310. The Morgan fingerprint density at radius 3 is 2.78 bits per heavy atom. The molecule has 23 heavy (non-hydrogen) atoms. The zero-order valence-electron chi connectivity index (χ0n) is 13.7. The Bertz CT molecular complexity index is 620. The van der Waals surface area contributed by atoms with E-state index in [9.17, 15) is 13.2 Å². The summed E-state index contributed by atoms with van der Waals surface area (Å²) in [6.07, 6.45) is 3.98. The Hall–Kier alpha value is -0.990. The van der Waals surface area contributed by atoms with E-state index in [0.717, 1.165) is 25.9 Å². The SMILES string of the molecule is CC(C)CS(=O)(=O)CCC(=O)Nc1ncc(C2CCNCC2)s1. The summed E-state index contributed by atoms with van der Waals surface area (Å²) in [5.41, 5.74) is 0. The lowest BCUT2D eigenvalue weighted by Crippen LogP contribution is -2.26. The molecule has 1 saturated heterocycles. The molecule has 130 valence electrons. The number of hydrogen-bond donors (Lipinski definition) is 2. The Morgan fingerprint density at radius 1 is 1.43 bits per heavy atom. The minimum atomic E-state index is -3.16. The second-order valence-corrected chi connectivity index (χ2v) is 9.69. The third-order valence-electron chi connectivity index (χ3n) is 3.74. The highest BCUT2D eigenvalue weighted by Gasteiger charge is 2.19. The number of carbonyl (C=O) groups excluding carboxylic acids is 1. The van der Waals surface area contributed by atoms with E-state index in [1.807, 2.05) is 20.0 Å². The van der Waals surface area contributed by atoms with Crippen LogP contribution in [0.3, 0.4) is 0 Å². The molecule has 0 bridgehead atoms. The first-order valence-electron chi connectivity index (χ1n) is 8.02. The number of hydrogen-bond acceptors (Lipinski definition) is 6. The first-order valence-corrected chi connectivity index (χ1v) is 10.7. The minimum absolute atomic E-state index is 0.0166. The van der Waals surface area contributed by atoms with Crippen LogP contribution in [-0.2, 0) is 14.6 Å². The molecule has 8 heteroatoms. The summed E-state index contributed by atoms with van der Waals surface area (Å²) in [5, 5.41) is 6.60. The fourth-order valence-corrected chi connectivity index (χ4v) is 5.34. The van der Waals surface area contributed by atoms with Crippen molar-refractivity contribution in [2.45, 2.75) is 39.0 Å². The highest BCUT2D eigenvalue weighted by molar-refractivity contribution is 7.91. The van der Waals surface area contributed by atoms with Gasteiger partial charge in [0.2, 0.25) is 5.91 Å². The van der Waals surface area contributed by atoms with Crippen LogP contribution in [0, 0.1) is 5.92 Å². The van der Waals surface area contributed by atoms with Crippen LogP contribution in [0.25, 0.3) is 0 Å². The number of rotatable bonds is 7. The predicted octanol–water partition coefficient (Wildman–Crippen LogP) is 2.01. The average molecular weight is 360 g/mol. The lowest BCUT2D eigenvalue weighted by molar-refractivity contribution is -0.115. The lowest BCUT2D eigenvalue weighted by Gasteiger charge is -2.20. The smallest absolute Gasteiger partial charge is 0.227 e. The van der Waals surface area contributed by atoms with Gasteiger partial charge < -0.3 is 10.6 Å². The Kier molecular flexibility index (Phi) is 6.55. The lowest BCUT2D eigenvalue weighted by atomic mass is 9.97. The standard InChI is InChI=1S/C15H25N3O3S2/c1-11(2)10-23(20,21)8-5-14(19)18-15-17-9-13(22-15)12-3-6-16-7-4-12/h9,11-12,16H,3-8,10H2,1-2H3,(H,17,18,19). The Balaban J connectivity index is 1.82. The van der Waals surface area contributed by atoms with Crippen molar-refractivity contribution in [2.75, 3.05) is 29.9 Å². The van der Waals surface area contributed by atoms with Crippen LogP contribution in [0.5, 0.6) is 0 Å². The van der Waals surface area contributed by atoms with Gasteiger partial charge in [-0.3, -0.25) is 4.79 Å². The van der Waals surface area contributed by atoms with Gasteiger partial charge in [-0.25, -0.2) is 13.4 Å². The molecule has 0 unspecified atom stereocenters. The second kappa shape index (κ2) is 8.21. The fourth-order valence-electron chi connectivity index (χ4n) is 2.66. The van der Waals surface area contributed by atoms with Crippen LogP contribution in [0.2, 0.25) is 0 Å². The van der Waals surface area contributed by atoms with Crippen LogP contribution in [0.4, 0.5) is 5.13 Å². The molecule has 1 aliphatic rings. The molecule has 0 spiro atoms. The van der Waals surface area contributed by atoms with Crippen molar-refractivity contribution < 1.29 is 13.2 Å². The van der Waals surface area contributed by atoms with E-state index in [1.165, 1.54) is 16.2 Å². The van der Waals surface area contributed by atoms with Gasteiger partial charge in [0.1, 0.15) is 0 Å². The predicted molar refractivity (Wildman–Crippen MR) is 93.7 cm³/mol. The van der Waals surface area contributed by atoms with Gasteiger partial charge >= 0.3 is 0 Å². The Labute approximate surface area is 142 Å². The number of nitrogens with one attached hydrogen (secondary N) is 2. The van der Waals surface area contributed by atoms with Crippen molar-refractivity contribution in [3.63, 3.8) is 0 Å². The number of piperidine rings is 1. The molecule has 2 N–H and O–H groups in total. The molecule has 0 saturated carbocycles. The molecule has 1 fully saturated rings. The molecule has 0 aliphatic carbocycles. The van der Waals surface area contributed by atoms with E-state index in [2.05, 4.69) is 15.6 Å². The van der Waals surface area contributed by atoms with Crippen molar-refractivity contribution in [1.29, 1.82) is 0 Å². The molecule has 2 heterocycles. The van der Waals surface area contributed by atoms with E-state index < -0.39 is 9.84 Å². The van der Waals surface area contributed by atoms with Gasteiger partial charge in [0, 0.05) is 17.5 Å². The summed E-state index contributed by atoms with van der Waals surface area (Å²) >= 11 is 1.49. The summed E-state index contributed by atoms with van der Waals surface area (Å²) in [7, 11) is -3.16. The molecule has 1 aromatic heterocycles. The summed E-state index contributed by atoms with van der Waals surface area (Å²) in [6.45, 7) is 5.74. The van der Waals surface area contributed by atoms with Gasteiger partial charge in [-0.2, -0.15) is 0 Å². The van der Waals surface area contributed by atoms with Crippen molar-refractivity contribution in [1.82, 2.24) is 10.3 Å². The van der Waals surface area contributed by atoms with Gasteiger partial charge in [0.05, 0.1) is 11.5 Å². The molecule has 1 aliphatic heterocycles. The number of carbonyl (C=O) groups is 1. The number of sulfone groups is 1. The van der Waals surface area contributed by atoms with Gasteiger partial charge in [0.15, 0.2) is 15.0 Å². The molecule has 0 radical (unpaired) electrons. The molecular weight excluding hydrogens is 334 g/mol. The van der Waals surface area contributed by atoms with Crippen LogP contribution in [-0.4, -0.2) is 43.9 Å². The number of amides is 1. The molecule has 6 nitrogen and oxygen atoms in total. The van der Waals surface area contributed by atoms with Crippen molar-refractivity contribution in [3.8, 4) is 0 Å². The maximum Gasteiger partial charge on any atom is 0.227 e. The minimum Gasteiger partial charge on any atom is -0.317 e. The van der Waals surface area contributed by atoms with Crippen molar-refractivity contribution >= 4 is 32.2 Å². The van der Waals surface area contributed by atoms with Crippen LogP contribution >= 0.6 is 11.3 Å². The van der Waals surface area contributed by atoms with E-state index in [0.29, 0.717) is 11.0 Å². The van der Waals surface area contributed by atoms with E-state index in [1.54, 1.807) is 0 Å². The van der Waals surface area contributed by atoms with E-state index >= 15 is 0 Å². The summed E-state index contributed by atoms with van der Waals surface area (Å²) in [4.78, 5) is 17.3. The molecule has 1 aromatic rings. The third-order valence-corrected chi connectivity index (χ3v) is 6.81. The molecule has 1 amide bonds. The first kappa shape index (κ1) is 18.4.